The fourth-order valence-electron chi connectivity index (χ4n) is 4.82. The van der Waals surface area contributed by atoms with Gasteiger partial charge in [-0.15, -0.1) is 0 Å². The van der Waals surface area contributed by atoms with Crippen LogP contribution in [-0.4, -0.2) is 71.3 Å². The first-order chi connectivity index (χ1) is 19.6. The van der Waals surface area contributed by atoms with Crippen molar-refractivity contribution in [2.45, 2.75) is 173 Å². The first kappa shape index (κ1) is 38.6. The lowest BCUT2D eigenvalue weighted by atomic mass is 9.99. The van der Waals surface area contributed by atoms with Crippen LogP contribution in [0.25, 0.3) is 0 Å². The third-order valence-corrected chi connectivity index (χ3v) is 18.8. The maximum atomic E-state index is 10.7. The quantitative estimate of drug-likeness (QED) is 0.134. The van der Waals surface area contributed by atoms with E-state index in [4.69, 9.17) is 23.1 Å². The van der Waals surface area contributed by atoms with Crippen LogP contribution in [0.3, 0.4) is 0 Å². The Morgan fingerprint density at radius 3 is 2.30 bits per heavy atom. The molecule has 2 aliphatic heterocycles. The number of hydrogen-bond acceptors (Lipinski definition) is 6. The SMILES string of the molecule is C=C(CCC[C@@H]1CC=C[C@@H](CCO[Si](C)(C)C(C)(C)C)O1)CC(/C=C/C[C@H](O)[C@H]1COC(C)(C)O1)O[Si](C)(C)C(C)(C)C. The average molecular weight is 639 g/mol. The molecule has 0 saturated carbocycles. The van der Waals surface area contributed by atoms with E-state index in [-0.39, 0.29) is 34.5 Å². The van der Waals surface area contributed by atoms with Crippen LogP contribution in [0.1, 0.15) is 100 Å². The van der Waals surface area contributed by atoms with Gasteiger partial charge >= 0.3 is 0 Å². The van der Waals surface area contributed by atoms with E-state index < -0.39 is 28.5 Å². The van der Waals surface area contributed by atoms with Gasteiger partial charge in [-0.2, -0.15) is 0 Å². The molecule has 1 unspecified atom stereocenters. The van der Waals surface area contributed by atoms with E-state index in [1.165, 1.54) is 5.57 Å². The summed E-state index contributed by atoms with van der Waals surface area (Å²) in [6, 6.07) is 0. The topological polar surface area (TPSA) is 66.4 Å². The fraction of sp³-hybridized carbons (Fsp3) is 0.829. The summed E-state index contributed by atoms with van der Waals surface area (Å²) in [5.74, 6) is -0.639. The molecular formula is C35H66O6Si2. The van der Waals surface area contributed by atoms with Crippen molar-refractivity contribution in [1.82, 2.24) is 0 Å². The summed E-state index contributed by atoms with van der Waals surface area (Å²) in [6.07, 6.45) is 14.3. The van der Waals surface area contributed by atoms with Crippen molar-refractivity contribution in [1.29, 1.82) is 0 Å². The minimum absolute atomic E-state index is 0.0584. The maximum absolute atomic E-state index is 10.7. The summed E-state index contributed by atoms with van der Waals surface area (Å²) >= 11 is 0. The van der Waals surface area contributed by atoms with E-state index in [0.29, 0.717) is 13.0 Å². The predicted octanol–water partition coefficient (Wildman–Crippen LogP) is 9.08. The number of rotatable bonds is 16. The molecule has 0 spiro atoms. The number of hydrogen-bond donors (Lipinski definition) is 1. The Hall–Kier alpha value is -0.586. The monoisotopic (exact) mass is 638 g/mol. The van der Waals surface area contributed by atoms with Crippen LogP contribution in [0, 0.1) is 0 Å². The largest absolute Gasteiger partial charge is 0.417 e. The molecule has 1 saturated heterocycles. The Bertz CT molecular complexity index is 928. The number of aliphatic hydroxyl groups is 1. The Labute approximate surface area is 266 Å². The second-order valence-electron chi connectivity index (χ2n) is 16.2. The van der Waals surface area contributed by atoms with E-state index in [1.54, 1.807) is 0 Å². The Morgan fingerprint density at radius 1 is 1.07 bits per heavy atom. The van der Waals surface area contributed by atoms with Crippen molar-refractivity contribution in [2.24, 2.45) is 0 Å². The minimum Gasteiger partial charge on any atom is -0.417 e. The molecule has 1 N–H and O–H groups in total. The van der Waals surface area contributed by atoms with E-state index in [9.17, 15) is 5.11 Å². The first-order valence-electron chi connectivity index (χ1n) is 16.6. The molecule has 0 amide bonds. The maximum Gasteiger partial charge on any atom is 0.192 e. The molecule has 2 aliphatic rings. The Morgan fingerprint density at radius 2 is 1.72 bits per heavy atom. The predicted molar refractivity (Wildman–Crippen MR) is 185 cm³/mol. The van der Waals surface area contributed by atoms with Crippen molar-refractivity contribution in [3.05, 3.63) is 36.5 Å². The highest BCUT2D eigenvalue weighted by Gasteiger charge is 2.40. The van der Waals surface area contributed by atoms with Gasteiger partial charge in [0.25, 0.3) is 0 Å². The molecule has 1 fully saturated rings. The van der Waals surface area contributed by atoms with Crippen molar-refractivity contribution < 1.29 is 28.2 Å². The molecule has 250 valence electrons. The zero-order valence-electron chi connectivity index (χ0n) is 29.8. The average Bonchev–Trinajstić information content (AvgIpc) is 3.22. The summed E-state index contributed by atoms with van der Waals surface area (Å²) in [4.78, 5) is 0. The zero-order chi connectivity index (χ0) is 32.7. The van der Waals surface area contributed by atoms with E-state index in [1.807, 2.05) is 19.9 Å². The van der Waals surface area contributed by atoms with Crippen molar-refractivity contribution in [3.63, 3.8) is 0 Å². The standard InChI is InChI=1S/C35H66O6Si2/c1-27(17-14-18-28-19-15-20-29(39-28)23-24-38-42(10,11)33(2,3)4)25-30(41-43(12,13)34(5,6)7)21-16-22-31(36)32-26-37-35(8,9)40-32/h15-16,20-21,28-32,36H,1,14,17-19,22-26H2,2-13H3/b21-16+/t28-,29+,30?,31+,32-/m1/s1. The van der Waals surface area contributed by atoms with Crippen LogP contribution in [0.4, 0.5) is 0 Å². The van der Waals surface area contributed by atoms with Crippen LogP contribution in [0.2, 0.25) is 36.3 Å². The summed E-state index contributed by atoms with van der Waals surface area (Å²) < 4.78 is 31.1. The van der Waals surface area contributed by atoms with Gasteiger partial charge in [0.05, 0.1) is 31.0 Å². The van der Waals surface area contributed by atoms with Crippen molar-refractivity contribution >= 4 is 16.6 Å². The normalized spacial score (nSPS) is 24.9. The van der Waals surface area contributed by atoms with Gasteiger partial charge in [0.15, 0.2) is 22.4 Å². The van der Waals surface area contributed by atoms with Gasteiger partial charge in [0, 0.05) is 6.61 Å². The molecule has 2 heterocycles. The van der Waals surface area contributed by atoms with E-state index >= 15 is 0 Å². The van der Waals surface area contributed by atoms with Crippen LogP contribution < -0.4 is 0 Å². The molecule has 0 aromatic heterocycles. The highest BCUT2D eigenvalue weighted by atomic mass is 28.4. The van der Waals surface area contributed by atoms with Gasteiger partial charge in [-0.1, -0.05) is 78.0 Å². The molecule has 43 heavy (non-hydrogen) atoms. The van der Waals surface area contributed by atoms with Gasteiger partial charge in [0.2, 0.25) is 0 Å². The fourth-order valence-corrected chi connectivity index (χ4v) is 7.16. The number of ether oxygens (including phenoxy) is 3. The minimum atomic E-state index is -1.99. The van der Waals surface area contributed by atoms with E-state index in [0.717, 1.165) is 45.1 Å². The Balaban J connectivity index is 1.85. The van der Waals surface area contributed by atoms with E-state index in [2.05, 4.69) is 92.5 Å². The summed E-state index contributed by atoms with van der Waals surface area (Å²) in [6.45, 7) is 32.2. The van der Waals surface area contributed by atoms with Gasteiger partial charge in [-0.05, 0) is 95.1 Å². The first-order valence-corrected chi connectivity index (χ1v) is 22.4. The lowest BCUT2D eigenvalue weighted by molar-refractivity contribution is -0.150. The molecule has 2 rings (SSSR count). The zero-order valence-corrected chi connectivity index (χ0v) is 31.8. The third kappa shape index (κ3) is 13.0. The molecule has 0 aromatic rings. The Kier molecular flexibility index (Phi) is 14.2. The van der Waals surface area contributed by atoms with Crippen LogP contribution in [0.5, 0.6) is 0 Å². The highest BCUT2D eigenvalue weighted by Crippen LogP contribution is 2.39. The van der Waals surface area contributed by atoms with Gasteiger partial charge < -0.3 is 28.2 Å². The van der Waals surface area contributed by atoms with Crippen molar-refractivity contribution in [3.8, 4) is 0 Å². The molecule has 0 aromatic carbocycles. The molecule has 6 nitrogen and oxygen atoms in total. The molecule has 0 radical (unpaired) electrons. The molecule has 8 heteroatoms. The number of aliphatic hydroxyl groups excluding tert-OH is 1. The molecule has 0 aliphatic carbocycles. The van der Waals surface area contributed by atoms with Crippen LogP contribution in [-0.2, 0) is 23.1 Å². The van der Waals surface area contributed by atoms with Crippen LogP contribution >= 0.6 is 0 Å². The molecule has 5 atom stereocenters. The lowest BCUT2D eigenvalue weighted by Gasteiger charge is -2.39. The van der Waals surface area contributed by atoms with Gasteiger partial charge in [-0.25, -0.2) is 0 Å². The molecular weight excluding hydrogens is 573 g/mol. The second-order valence-corrected chi connectivity index (χ2v) is 25.8. The smallest absolute Gasteiger partial charge is 0.192 e. The highest BCUT2D eigenvalue weighted by molar-refractivity contribution is 6.74. The summed E-state index contributed by atoms with van der Waals surface area (Å²) in [5.41, 5.74) is 1.20. The molecule has 0 bridgehead atoms. The summed E-state index contributed by atoms with van der Waals surface area (Å²) in [7, 11) is -3.72. The third-order valence-electron chi connectivity index (χ3n) is 9.77. The van der Waals surface area contributed by atoms with Crippen molar-refractivity contribution in [2.75, 3.05) is 13.2 Å². The summed E-state index contributed by atoms with van der Waals surface area (Å²) in [5, 5.41) is 11.0. The lowest BCUT2D eigenvalue weighted by Crippen LogP contribution is -2.43. The van der Waals surface area contributed by atoms with Crippen LogP contribution in [0.15, 0.2) is 36.5 Å². The van der Waals surface area contributed by atoms with Gasteiger partial charge in [0.1, 0.15) is 6.10 Å². The van der Waals surface area contributed by atoms with Gasteiger partial charge in [-0.3, -0.25) is 0 Å². The second kappa shape index (κ2) is 15.8.